The predicted octanol–water partition coefficient (Wildman–Crippen LogP) is 2.24. The Labute approximate surface area is 132 Å². The average molecular weight is 305 g/mol. The second-order valence-electron chi connectivity index (χ2n) is 6.03. The summed E-state index contributed by atoms with van der Waals surface area (Å²) < 4.78 is 5.33. The molecule has 5 nitrogen and oxygen atoms in total. The molecular formula is C17H27N3O2. The maximum Gasteiger partial charge on any atom is 0.191 e. The highest BCUT2D eigenvalue weighted by atomic mass is 16.3. The smallest absolute Gasteiger partial charge is 0.191 e. The average Bonchev–Trinajstić information content (AvgIpc) is 3.00. The molecule has 1 aromatic heterocycles. The molecule has 1 fully saturated rings. The molecule has 1 aliphatic carbocycles. The van der Waals surface area contributed by atoms with E-state index >= 15 is 0 Å². The molecule has 1 aliphatic rings. The Kier molecular flexibility index (Phi) is 6.52. The summed E-state index contributed by atoms with van der Waals surface area (Å²) >= 11 is 0. The molecule has 2 rings (SSSR count). The Balaban J connectivity index is 1.82. The minimum atomic E-state index is -0.138. The zero-order valence-electron chi connectivity index (χ0n) is 13.3. The summed E-state index contributed by atoms with van der Waals surface area (Å²) in [6.07, 6.45) is 6.05. The summed E-state index contributed by atoms with van der Waals surface area (Å²) in [6, 6.07) is 4.25. The predicted molar refractivity (Wildman–Crippen MR) is 88.9 cm³/mol. The number of guanidine groups is 1. The van der Waals surface area contributed by atoms with Crippen LogP contribution in [0.3, 0.4) is 0 Å². The third kappa shape index (κ3) is 5.93. The van der Waals surface area contributed by atoms with E-state index in [0.29, 0.717) is 12.6 Å². The van der Waals surface area contributed by atoms with Gasteiger partial charge in [-0.1, -0.05) is 12.2 Å². The molecule has 3 N–H and O–H groups in total. The molecule has 0 atom stereocenters. The number of nitrogens with zero attached hydrogens (tertiary/aromatic N) is 1. The molecular weight excluding hydrogens is 278 g/mol. The van der Waals surface area contributed by atoms with Crippen LogP contribution in [0.15, 0.2) is 40.0 Å². The van der Waals surface area contributed by atoms with Gasteiger partial charge in [0, 0.05) is 19.0 Å². The van der Waals surface area contributed by atoms with E-state index in [1.165, 1.54) is 0 Å². The van der Waals surface area contributed by atoms with Crippen molar-refractivity contribution in [2.75, 3.05) is 13.1 Å². The Hall–Kier alpha value is -1.75. The zero-order chi connectivity index (χ0) is 15.8. The van der Waals surface area contributed by atoms with Gasteiger partial charge in [-0.3, -0.25) is 0 Å². The molecule has 0 spiro atoms. The summed E-state index contributed by atoms with van der Waals surface area (Å²) in [4.78, 5) is 4.56. The molecule has 122 valence electrons. The van der Waals surface area contributed by atoms with Gasteiger partial charge in [0.05, 0.1) is 18.9 Å². The van der Waals surface area contributed by atoms with Gasteiger partial charge in [-0.15, -0.1) is 0 Å². The van der Waals surface area contributed by atoms with Crippen LogP contribution in [0.5, 0.6) is 0 Å². The second-order valence-corrected chi connectivity index (χ2v) is 6.03. The minimum absolute atomic E-state index is 0.138. The highest BCUT2D eigenvalue weighted by Crippen LogP contribution is 2.18. The topological polar surface area (TPSA) is 69.8 Å². The van der Waals surface area contributed by atoms with E-state index < -0.39 is 0 Å². The number of hydrogen-bond acceptors (Lipinski definition) is 3. The number of aliphatic hydroxyl groups excluding tert-OH is 1. The van der Waals surface area contributed by atoms with Gasteiger partial charge in [0.25, 0.3) is 0 Å². The van der Waals surface area contributed by atoms with Crippen LogP contribution in [0.4, 0.5) is 0 Å². The van der Waals surface area contributed by atoms with Crippen LogP contribution in [-0.4, -0.2) is 36.3 Å². The van der Waals surface area contributed by atoms with Gasteiger partial charge in [-0.05, 0) is 44.7 Å². The summed E-state index contributed by atoms with van der Waals surface area (Å²) in [5, 5.41) is 16.4. The molecule has 22 heavy (non-hydrogen) atoms. The van der Waals surface area contributed by atoms with Gasteiger partial charge in [0.1, 0.15) is 5.76 Å². The van der Waals surface area contributed by atoms with Crippen molar-refractivity contribution in [3.05, 3.63) is 36.3 Å². The van der Waals surface area contributed by atoms with Crippen molar-refractivity contribution >= 4 is 5.96 Å². The maximum atomic E-state index is 9.59. The summed E-state index contributed by atoms with van der Waals surface area (Å²) in [6.45, 7) is 7.25. The van der Waals surface area contributed by atoms with E-state index in [1.807, 2.05) is 19.1 Å². The van der Waals surface area contributed by atoms with Crippen LogP contribution in [0.2, 0.25) is 0 Å². The number of aliphatic imine (C=N–C) groups is 1. The van der Waals surface area contributed by atoms with Crippen LogP contribution in [0.25, 0.3) is 0 Å². The van der Waals surface area contributed by atoms with E-state index in [2.05, 4.69) is 22.2 Å². The lowest BCUT2D eigenvalue weighted by atomic mass is 9.93. The Bertz CT molecular complexity index is 474. The molecule has 1 aromatic rings. The van der Waals surface area contributed by atoms with Crippen LogP contribution in [-0.2, 0) is 6.42 Å². The van der Waals surface area contributed by atoms with Crippen LogP contribution in [0.1, 0.15) is 38.4 Å². The van der Waals surface area contributed by atoms with Gasteiger partial charge in [-0.25, -0.2) is 4.99 Å². The Morgan fingerprint density at radius 1 is 1.41 bits per heavy atom. The van der Waals surface area contributed by atoms with Crippen molar-refractivity contribution in [2.24, 2.45) is 4.99 Å². The SMILES string of the molecule is C=C(C)CN=C(NCCc1ccco1)NC1CCC(O)CC1. The molecule has 0 saturated heterocycles. The van der Waals surface area contributed by atoms with E-state index in [9.17, 15) is 5.11 Å². The minimum Gasteiger partial charge on any atom is -0.469 e. The summed E-state index contributed by atoms with van der Waals surface area (Å²) in [5.41, 5.74) is 1.03. The van der Waals surface area contributed by atoms with E-state index in [0.717, 1.165) is 55.9 Å². The first kappa shape index (κ1) is 16.6. The standard InChI is InChI=1S/C17H27N3O2/c1-13(2)12-19-17(18-10-9-16-4-3-11-22-16)20-14-5-7-15(21)8-6-14/h3-4,11,14-15,21H,1,5-10,12H2,2H3,(H2,18,19,20). The van der Waals surface area contributed by atoms with Gasteiger partial charge in [-0.2, -0.15) is 0 Å². The largest absolute Gasteiger partial charge is 0.469 e. The third-order valence-electron chi connectivity index (χ3n) is 3.79. The molecule has 1 heterocycles. The second kappa shape index (κ2) is 8.63. The van der Waals surface area contributed by atoms with Gasteiger partial charge in [0.15, 0.2) is 5.96 Å². The van der Waals surface area contributed by atoms with Crippen molar-refractivity contribution < 1.29 is 9.52 Å². The molecule has 1 saturated carbocycles. The van der Waals surface area contributed by atoms with Gasteiger partial charge in [0.2, 0.25) is 0 Å². The molecule has 0 aromatic carbocycles. The lowest BCUT2D eigenvalue weighted by Gasteiger charge is -2.27. The van der Waals surface area contributed by atoms with Gasteiger partial charge >= 0.3 is 0 Å². The summed E-state index contributed by atoms with van der Waals surface area (Å²) in [5.74, 6) is 1.78. The van der Waals surface area contributed by atoms with Crippen molar-refractivity contribution in [3.63, 3.8) is 0 Å². The van der Waals surface area contributed by atoms with E-state index in [-0.39, 0.29) is 6.10 Å². The number of nitrogens with one attached hydrogen (secondary N) is 2. The maximum absolute atomic E-state index is 9.59. The zero-order valence-corrected chi connectivity index (χ0v) is 13.3. The van der Waals surface area contributed by atoms with Crippen molar-refractivity contribution in [3.8, 4) is 0 Å². The number of hydrogen-bond donors (Lipinski definition) is 3. The van der Waals surface area contributed by atoms with Gasteiger partial charge < -0.3 is 20.2 Å². The van der Waals surface area contributed by atoms with E-state index in [1.54, 1.807) is 6.26 Å². The fraction of sp³-hybridized carbons (Fsp3) is 0.588. The third-order valence-corrected chi connectivity index (χ3v) is 3.79. The normalized spacial score (nSPS) is 22.4. The first-order valence-corrected chi connectivity index (χ1v) is 8.03. The Morgan fingerprint density at radius 2 is 2.18 bits per heavy atom. The van der Waals surface area contributed by atoms with Crippen LogP contribution < -0.4 is 10.6 Å². The first-order valence-electron chi connectivity index (χ1n) is 8.03. The molecule has 0 amide bonds. The lowest BCUT2D eigenvalue weighted by Crippen LogP contribution is -2.46. The number of aliphatic hydroxyl groups is 1. The van der Waals surface area contributed by atoms with Crippen LogP contribution in [0, 0.1) is 0 Å². The molecule has 0 radical (unpaired) electrons. The fourth-order valence-corrected chi connectivity index (χ4v) is 2.54. The number of rotatable bonds is 6. The Morgan fingerprint density at radius 3 is 2.82 bits per heavy atom. The molecule has 0 bridgehead atoms. The molecule has 0 aliphatic heterocycles. The summed E-state index contributed by atoms with van der Waals surface area (Å²) in [7, 11) is 0. The fourth-order valence-electron chi connectivity index (χ4n) is 2.54. The monoisotopic (exact) mass is 305 g/mol. The quantitative estimate of drug-likeness (QED) is 0.428. The lowest BCUT2D eigenvalue weighted by molar-refractivity contribution is 0.120. The van der Waals surface area contributed by atoms with Crippen LogP contribution >= 0.6 is 0 Å². The van der Waals surface area contributed by atoms with E-state index in [4.69, 9.17) is 4.42 Å². The van der Waals surface area contributed by atoms with Crippen molar-refractivity contribution in [1.82, 2.24) is 10.6 Å². The molecule has 0 unspecified atom stereocenters. The highest BCUT2D eigenvalue weighted by molar-refractivity contribution is 5.80. The van der Waals surface area contributed by atoms with Crippen molar-refractivity contribution in [2.45, 2.75) is 51.2 Å². The number of furan rings is 1. The molecule has 5 heteroatoms. The highest BCUT2D eigenvalue weighted by Gasteiger charge is 2.20. The van der Waals surface area contributed by atoms with Crippen molar-refractivity contribution in [1.29, 1.82) is 0 Å². The first-order chi connectivity index (χ1) is 10.6.